The summed E-state index contributed by atoms with van der Waals surface area (Å²) in [5, 5.41) is 11.5. The van der Waals surface area contributed by atoms with Crippen molar-refractivity contribution in [3.8, 4) is 5.75 Å². The van der Waals surface area contributed by atoms with Gasteiger partial charge < -0.3 is 5.73 Å². The number of carbonyl (C=O) groups excluding carboxylic acids is 1. The van der Waals surface area contributed by atoms with Crippen LogP contribution in [0, 0.1) is 0 Å². The maximum atomic E-state index is 11.1. The van der Waals surface area contributed by atoms with E-state index in [0.717, 1.165) is 0 Å². The molecule has 0 aliphatic heterocycles. The Morgan fingerprint density at radius 1 is 1.23 bits per heavy atom. The number of rotatable bonds is 2. The molecule has 0 saturated heterocycles. The van der Waals surface area contributed by atoms with Crippen LogP contribution in [0.15, 0.2) is 42.6 Å². The predicted octanol–water partition coefficient (Wildman–Crippen LogP) is -0.425. The van der Waals surface area contributed by atoms with Crippen molar-refractivity contribution in [2.75, 3.05) is 11.1 Å². The van der Waals surface area contributed by atoms with Crippen LogP contribution in [0.5, 0.6) is 5.75 Å². The molecule has 2 aromatic rings. The van der Waals surface area contributed by atoms with Crippen molar-refractivity contribution in [3.05, 3.63) is 42.6 Å². The second-order valence-corrected chi connectivity index (χ2v) is 7.44. The maximum Gasteiger partial charge on any atom is 0.123 e. The Morgan fingerprint density at radius 3 is 2.32 bits per heavy atom. The summed E-state index contributed by atoms with van der Waals surface area (Å²) in [4.78, 5) is 14.5. The summed E-state index contributed by atoms with van der Waals surface area (Å²) in [5.41, 5.74) is 5.02. The molecule has 0 aliphatic carbocycles. The number of anilines is 2. The second kappa shape index (κ2) is 7.65. The number of benzene rings is 1. The molecule has 118 valence electrons. The molecule has 0 saturated carbocycles. The molecular formula is C13H16AsN3O5. The van der Waals surface area contributed by atoms with Crippen LogP contribution in [0.1, 0.15) is 6.92 Å². The van der Waals surface area contributed by atoms with E-state index in [1.54, 1.807) is 12.3 Å². The first-order valence-corrected chi connectivity index (χ1v) is 9.42. The van der Waals surface area contributed by atoms with E-state index in [1.165, 1.54) is 25.1 Å². The van der Waals surface area contributed by atoms with E-state index in [0.29, 0.717) is 5.82 Å². The Kier molecular flexibility index (Phi) is 6.18. The van der Waals surface area contributed by atoms with Crippen molar-refractivity contribution in [1.82, 2.24) is 4.98 Å². The summed E-state index contributed by atoms with van der Waals surface area (Å²) < 4.78 is 28.8. The van der Waals surface area contributed by atoms with Crippen LogP contribution >= 0.6 is 0 Å². The third kappa shape index (κ3) is 5.61. The van der Waals surface area contributed by atoms with Gasteiger partial charge in [-0.1, -0.05) is 6.07 Å². The van der Waals surface area contributed by atoms with E-state index >= 15 is 0 Å². The third-order valence-corrected chi connectivity index (χ3v) is 4.42. The first-order chi connectivity index (χ1) is 10.2. The van der Waals surface area contributed by atoms with E-state index in [1.807, 2.05) is 12.1 Å². The molecule has 0 bridgehead atoms. The van der Waals surface area contributed by atoms with Crippen molar-refractivity contribution in [2.24, 2.45) is 0 Å². The van der Waals surface area contributed by atoms with Crippen LogP contribution in [0.25, 0.3) is 0 Å². The number of aromatic nitrogens is 1. The Bertz CT molecular complexity index is 687. The summed E-state index contributed by atoms with van der Waals surface area (Å²) in [6, 6.07) is 9.14. The molecule has 22 heavy (non-hydrogen) atoms. The van der Waals surface area contributed by atoms with Crippen LogP contribution in [-0.2, 0) is 8.53 Å². The number of phenols is 1. The second-order valence-electron chi connectivity index (χ2n) is 4.15. The smallest absolute Gasteiger partial charge is 0.123 e. The molecule has 8 nitrogen and oxygen atoms in total. The average Bonchev–Trinajstić information content (AvgIpc) is 2.41. The van der Waals surface area contributed by atoms with E-state index in [2.05, 4.69) is 10.3 Å². The largest absolute Gasteiger partial charge is 0.384 e. The van der Waals surface area contributed by atoms with Gasteiger partial charge in [-0.15, -0.1) is 0 Å². The zero-order valence-electron chi connectivity index (χ0n) is 11.7. The summed E-state index contributed by atoms with van der Waals surface area (Å²) >= 11 is -5.14. The molecule has 2 rings (SSSR count). The van der Waals surface area contributed by atoms with Crippen LogP contribution in [-0.4, -0.2) is 38.4 Å². The van der Waals surface area contributed by atoms with Crippen LogP contribution < -0.4 is 15.4 Å². The zero-order valence-corrected chi connectivity index (χ0v) is 13.5. The molecule has 1 aromatic heterocycles. The fraction of sp³-hybridized carbons (Fsp3) is 0.0769. The average molecular weight is 369 g/mol. The van der Waals surface area contributed by atoms with E-state index in [-0.39, 0.29) is 15.8 Å². The van der Waals surface area contributed by atoms with Crippen molar-refractivity contribution >= 4 is 35.9 Å². The number of nitrogens with one attached hydrogen (secondary N) is 1. The molecule has 1 amide bonds. The molecular weight excluding hydrogens is 353 g/mol. The van der Waals surface area contributed by atoms with Gasteiger partial charge in [-0.3, -0.25) is 0 Å². The van der Waals surface area contributed by atoms with Crippen molar-refractivity contribution in [1.29, 1.82) is 0 Å². The molecule has 9 heteroatoms. The first kappa shape index (κ1) is 17.8. The van der Waals surface area contributed by atoms with Crippen LogP contribution in [0.3, 0.4) is 0 Å². The van der Waals surface area contributed by atoms with Gasteiger partial charge >= 0.3 is 88.1 Å². The Labute approximate surface area is 129 Å². The van der Waals surface area contributed by atoms with Gasteiger partial charge in [-0.05, 0) is 12.1 Å². The molecule has 0 unspecified atom stereocenters. The number of hydrogen-bond acceptors (Lipinski definition) is 5. The Morgan fingerprint density at radius 2 is 1.91 bits per heavy atom. The van der Waals surface area contributed by atoms with Crippen LogP contribution in [0.2, 0.25) is 0 Å². The van der Waals surface area contributed by atoms with Gasteiger partial charge in [-0.2, -0.15) is 0 Å². The fourth-order valence-electron chi connectivity index (χ4n) is 1.45. The number of aromatic hydroxyl groups is 1. The number of nitrogens with two attached hydrogens (primary N) is 1. The minimum atomic E-state index is -5.14. The molecule has 1 heterocycles. The number of carbonyl (C=O) groups is 1. The van der Waals surface area contributed by atoms with Gasteiger partial charge in [0.05, 0.1) is 0 Å². The molecule has 0 atom stereocenters. The third-order valence-electron chi connectivity index (χ3n) is 2.32. The van der Waals surface area contributed by atoms with Crippen molar-refractivity contribution < 1.29 is 21.8 Å². The van der Waals surface area contributed by atoms with Gasteiger partial charge in [0, 0.05) is 6.20 Å². The topological polar surface area (TPSA) is 146 Å². The first-order valence-electron chi connectivity index (χ1n) is 6.04. The zero-order chi connectivity index (χ0) is 16.8. The van der Waals surface area contributed by atoms with E-state index in [9.17, 15) is 13.6 Å². The quantitative estimate of drug-likeness (QED) is 0.357. The summed E-state index contributed by atoms with van der Waals surface area (Å²) in [5.74, 6) is -0.309. The fourth-order valence-corrected chi connectivity index (χ4v) is 3.01. The normalized spacial score (nSPS) is 10.3. The Balaban J connectivity index is 0.000000287. The molecule has 6 N–H and O–H groups in total. The monoisotopic (exact) mass is 369 g/mol. The van der Waals surface area contributed by atoms with Gasteiger partial charge in [-0.25, -0.2) is 4.98 Å². The molecule has 0 spiro atoms. The van der Waals surface area contributed by atoms with Crippen molar-refractivity contribution in [3.63, 3.8) is 0 Å². The van der Waals surface area contributed by atoms with Crippen LogP contribution in [0.4, 0.5) is 11.5 Å². The molecule has 1 aromatic carbocycles. The summed E-state index contributed by atoms with van der Waals surface area (Å²) in [6.45, 7) is 1.18. The predicted molar refractivity (Wildman–Crippen MR) is 81.6 cm³/mol. The van der Waals surface area contributed by atoms with Gasteiger partial charge in [0.15, 0.2) is 0 Å². The van der Waals surface area contributed by atoms with Gasteiger partial charge in [0.1, 0.15) is 5.82 Å². The maximum absolute atomic E-state index is 11.1. The number of nitrogen functional groups attached to an aromatic ring is 1. The van der Waals surface area contributed by atoms with Crippen molar-refractivity contribution in [2.45, 2.75) is 6.92 Å². The minimum absolute atomic E-state index is 0.225. The number of nitrogens with zero attached hydrogens (tertiary/aromatic N) is 1. The van der Waals surface area contributed by atoms with E-state index in [4.69, 9.17) is 13.9 Å². The molecule has 0 fully saturated rings. The standard InChI is InChI=1S/C8H10AsNO5.C5H6N2/c1-5(11)10-8-6(9(13,14)15)3-2-4-7(8)12;6-5-3-1-2-4-7-5/h2-4,12H,1H3,(H,10,11)(H2,13,14,15);1-4H,(H2,6,7). The number of pyridine rings is 1. The number of hydrogen-bond donors (Lipinski definition) is 5. The van der Waals surface area contributed by atoms with E-state index < -0.39 is 20.1 Å². The number of para-hydroxylation sites is 1. The summed E-state index contributed by atoms with van der Waals surface area (Å²) in [6.07, 6.45) is 1.66. The number of amides is 1. The Hall–Kier alpha value is -2.28. The minimum Gasteiger partial charge on any atom is -0.384 e. The summed E-state index contributed by atoms with van der Waals surface area (Å²) in [7, 11) is 0. The molecule has 0 aliphatic rings. The molecule has 0 radical (unpaired) electrons. The van der Waals surface area contributed by atoms with Gasteiger partial charge in [0.2, 0.25) is 0 Å². The SMILES string of the molecule is CC(=O)Nc1c(O)cccc1[As](=O)(O)O.Nc1ccccn1. The van der Waals surface area contributed by atoms with Gasteiger partial charge in [0.25, 0.3) is 0 Å². The number of phenolic OH excluding ortho intramolecular Hbond substituents is 1.